The summed E-state index contributed by atoms with van der Waals surface area (Å²) < 4.78 is 0. The quantitative estimate of drug-likeness (QED) is 0.796. The Morgan fingerprint density at radius 1 is 1.05 bits per heavy atom. The number of hydrogen-bond donors (Lipinski definition) is 0. The van der Waals surface area contributed by atoms with Gasteiger partial charge in [0.1, 0.15) is 5.15 Å². The number of halogens is 1. The van der Waals surface area contributed by atoms with Crippen LogP contribution in [0.4, 0.5) is 0 Å². The van der Waals surface area contributed by atoms with Crippen molar-refractivity contribution in [1.82, 2.24) is 14.8 Å². The highest BCUT2D eigenvalue weighted by Gasteiger charge is 2.22. The molecule has 0 radical (unpaired) electrons. The van der Waals surface area contributed by atoms with Crippen molar-refractivity contribution < 1.29 is 0 Å². The maximum atomic E-state index is 5.83. The van der Waals surface area contributed by atoms with Crippen molar-refractivity contribution in [2.45, 2.75) is 32.2 Å². The minimum atomic E-state index is 0.582. The molecule has 0 bridgehead atoms. The molecule has 0 spiro atoms. The Morgan fingerprint density at radius 3 is 2.45 bits per heavy atom. The van der Waals surface area contributed by atoms with Gasteiger partial charge in [0.05, 0.1) is 0 Å². The Kier molecular flexibility index (Phi) is 4.92. The zero-order valence-corrected chi connectivity index (χ0v) is 12.9. The Bertz CT molecular complexity index is 406. The van der Waals surface area contributed by atoms with Crippen LogP contribution in [0.15, 0.2) is 18.3 Å². The summed E-state index contributed by atoms with van der Waals surface area (Å²) in [6, 6.07) is 3.97. The van der Waals surface area contributed by atoms with E-state index in [1.54, 1.807) is 0 Å². The second-order valence-electron chi connectivity index (χ2n) is 6.22. The second kappa shape index (κ2) is 6.88. The van der Waals surface area contributed by atoms with E-state index < -0.39 is 0 Å². The first-order valence-corrected chi connectivity index (χ1v) is 8.22. The molecule has 110 valence electrons. The SMILES string of the molecule is Clc1ccc(CN2CCC(CN3CCCC3)CC2)cn1. The topological polar surface area (TPSA) is 19.4 Å². The van der Waals surface area contributed by atoms with Crippen LogP contribution in [0.25, 0.3) is 0 Å². The zero-order chi connectivity index (χ0) is 13.8. The average Bonchev–Trinajstić information content (AvgIpc) is 2.96. The average molecular weight is 294 g/mol. The van der Waals surface area contributed by atoms with E-state index in [1.807, 2.05) is 12.3 Å². The summed E-state index contributed by atoms with van der Waals surface area (Å²) in [7, 11) is 0. The molecule has 2 aliphatic heterocycles. The van der Waals surface area contributed by atoms with E-state index in [0.29, 0.717) is 5.15 Å². The molecule has 0 aromatic carbocycles. The normalized spacial score (nSPS) is 22.4. The first kappa shape index (κ1) is 14.3. The Hall–Kier alpha value is -0.640. The van der Waals surface area contributed by atoms with Crippen molar-refractivity contribution in [2.24, 2.45) is 5.92 Å². The third-order valence-corrected chi connectivity index (χ3v) is 4.84. The van der Waals surface area contributed by atoms with E-state index in [1.165, 1.54) is 64.0 Å². The Labute approximate surface area is 126 Å². The van der Waals surface area contributed by atoms with E-state index in [9.17, 15) is 0 Å². The highest BCUT2D eigenvalue weighted by Crippen LogP contribution is 2.21. The Balaban J connectivity index is 1.42. The van der Waals surface area contributed by atoms with Gasteiger partial charge in [0.25, 0.3) is 0 Å². The number of aromatic nitrogens is 1. The van der Waals surface area contributed by atoms with Crippen LogP contribution >= 0.6 is 11.6 Å². The highest BCUT2D eigenvalue weighted by molar-refractivity contribution is 6.29. The maximum absolute atomic E-state index is 5.83. The van der Waals surface area contributed by atoms with Gasteiger partial charge in [-0.1, -0.05) is 17.7 Å². The summed E-state index contributed by atoms with van der Waals surface area (Å²) in [4.78, 5) is 9.36. The lowest BCUT2D eigenvalue weighted by Gasteiger charge is -2.33. The maximum Gasteiger partial charge on any atom is 0.129 e. The minimum absolute atomic E-state index is 0.582. The molecule has 2 aliphatic rings. The van der Waals surface area contributed by atoms with E-state index in [-0.39, 0.29) is 0 Å². The summed E-state index contributed by atoms with van der Waals surface area (Å²) in [6.07, 6.45) is 7.40. The standard InChI is InChI=1S/C16H24ClN3/c17-16-4-3-15(11-18-16)13-20-9-5-14(6-10-20)12-19-7-1-2-8-19/h3-4,11,14H,1-2,5-10,12-13H2. The highest BCUT2D eigenvalue weighted by atomic mass is 35.5. The molecular weight excluding hydrogens is 270 g/mol. The summed E-state index contributed by atoms with van der Waals surface area (Å²) >= 11 is 5.83. The third kappa shape index (κ3) is 3.94. The van der Waals surface area contributed by atoms with Crippen molar-refractivity contribution in [2.75, 3.05) is 32.7 Å². The summed E-state index contributed by atoms with van der Waals surface area (Å²) in [6.45, 7) is 7.45. The molecule has 0 aliphatic carbocycles. The molecule has 0 atom stereocenters. The van der Waals surface area contributed by atoms with Gasteiger partial charge in [0, 0.05) is 19.3 Å². The minimum Gasteiger partial charge on any atom is -0.303 e. The molecule has 2 fully saturated rings. The van der Waals surface area contributed by atoms with Gasteiger partial charge < -0.3 is 4.90 Å². The van der Waals surface area contributed by atoms with Crippen LogP contribution in [0.3, 0.4) is 0 Å². The van der Waals surface area contributed by atoms with Crippen LogP contribution in [-0.4, -0.2) is 47.5 Å². The first-order chi connectivity index (χ1) is 9.79. The van der Waals surface area contributed by atoms with Gasteiger partial charge in [-0.25, -0.2) is 4.98 Å². The summed E-state index contributed by atoms with van der Waals surface area (Å²) in [5.74, 6) is 0.910. The van der Waals surface area contributed by atoms with Gasteiger partial charge in [0.15, 0.2) is 0 Å². The van der Waals surface area contributed by atoms with Crippen LogP contribution in [0, 0.1) is 5.92 Å². The van der Waals surface area contributed by atoms with Crippen LogP contribution in [0.2, 0.25) is 5.15 Å². The van der Waals surface area contributed by atoms with Crippen molar-refractivity contribution >= 4 is 11.6 Å². The lowest BCUT2D eigenvalue weighted by molar-refractivity contribution is 0.149. The fourth-order valence-electron chi connectivity index (χ4n) is 3.42. The van der Waals surface area contributed by atoms with Gasteiger partial charge in [0.2, 0.25) is 0 Å². The Morgan fingerprint density at radius 2 is 1.80 bits per heavy atom. The van der Waals surface area contributed by atoms with Gasteiger partial charge in [-0.2, -0.15) is 0 Å². The molecule has 3 nitrogen and oxygen atoms in total. The van der Waals surface area contributed by atoms with Gasteiger partial charge in [-0.05, 0) is 69.4 Å². The zero-order valence-electron chi connectivity index (χ0n) is 12.1. The molecule has 0 N–H and O–H groups in total. The molecule has 1 aromatic rings. The van der Waals surface area contributed by atoms with E-state index in [2.05, 4.69) is 20.9 Å². The predicted octanol–water partition coefficient (Wildman–Crippen LogP) is 3.04. The fourth-order valence-corrected chi connectivity index (χ4v) is 3.53. The van der Waals surface area contributed by atoms with E-state index >= 15 is 0 Å². The predicted molar refractivity (Wildman–Crippen MR) is 82.9 cm³/mol. The summed E-state index contributed by atoms with van der Waals surface area (Å²) in [5.41, 5.74) is 1.27. The molecule has 3 heterocycles. The molecule has 4 heteroatoms. The molecule has 3 rings (SSSR count). The number of likely N-dealkylation sites (tertiary alicyclic amines) is 2. The van der Waals surface area contributed by atoms with Crippen LogP contribution in [0.1, 0.15) is 31.2 Å². The monoisotopic (exact) mass is 293 g/mol. The number of nitrogens with zero attached hydrogens (tertiary/aromatic N) is 3. The van der Waals surface area contributed by atoms with Crippen LogP contribution in [0.5, 0.6) is 0 Å². The molecule has 0 amide bonds. The molecule has 20 heavy (non-hydrogen) atoms. The van der Waals surface area contributed by atoms with Crippen molar-refractivity contribution in [3.8, 4) is 0 Å². The lowest BCUT2D eigenvalue weighted by Crippen LogP contribution is -2.37. The largest absolute Gasteiger partial charge is 0.303 e. The molecule has 0 saturated carbocycles. The van der Waals surface area contributed by atoms with E-state index in [0.717, 1.165) is 12.5 Å². The first-order valence-electron chi connectivity index (χ1n) is 7.85. The smallest absolute Gasteiger partial charge is 0.129 e. The van der Waals surface area contributed by atoms with Crippen LogP contribution < -0.4 is 0 Å². The van der Waals surface area contributed by atoms with Crippen molar-refractivity contribution in [1.29, 1.82) is 0 Å². The molecule has 1 aromatic heterocycles. The second-order valence-corrected chi connectivity index (χ2v) is 6.60. The molecule has 2 saturated heterocycles. The number of rotatable bonds is 4. The number of hydrogen-bond acceptors (Lipinski definition) is 3. The molecular formula is C16H24ClN3. The summed E-state index contributed by atoms with van der Waals surface area (Å²) in [5, 5.41) is 0.582. The van der Waals surface area contributed by atoms with Gasteiger partial charge in [-0.3, -0.25) is 4.90 Å². The molecule has 0 unspecified atom stereocenters. The van der Waals surface area contributed by atoms with Crippen molar-refractivity contribution in [3.05, 3.63) is 29.0 Å². The lowest BCUT2D eigenvalue weighted by atomic mass is 9.96. The van der Waals surface area contributed by atoms with Crippen molar-refractivity contribution in [3.63, 3.8) is 0 Å². The fraction of sp³-hybridized carbons (Fsp3) is 0.688. The third-order valence-electron chi connectivity index (χ3n) is 4.62. The number of pyridine rings is 1. The number of piperidine rings is 1. The van der Waals surface area contributed by atoms with E-state index in [4.69, 9.17) is 11.6 Å². The van der Waals surface area contributed by atoms with Crippen LogP contribution in [-0.2, 0) is 6.54 Å². The van der Waals surface area contributed by atoms with Gasteiger partial charge in [-0.15, -0.1) is 0 Å². The van der Waals surface area contributed by atoms with Gasteiger partial charge >= 0.3 is 0 Å².